The topological polar surface area (TPSA) is 114 Å². The first-order valence-corrected chi connectivity index (χ1v) is 11.5. The molecule has 5 rings (SSSR count). The lowest BCUT2D eigenvalue weighted by molar-refractivity contribution is 0.577. The number of hydrogen-bond donors (Lipinski definition) is 3. The maximum atomic E-state index is 14.9. The molecule has 12 heteroatoms. The monoisotopic (exact) mass is 483 g/mol. The van der Waals surface area contributed by atoms with Crippen molar-refractivity contribution in [3.63, 3.8) is 0 Å². The first kappa shape index (κ1) is 22.3. The van der Waals surface area contributed by atoms with Crippen molar-refractivity contribution in [2.45, 2.75) is 30.6 Å². The largest absolute Gasteiger partial charge is 0.323 e. The predicted molar refractivity (Wildman–Crippen MR) is 127 cm³/mol. The molecule has 34 heavy (non-hydrogen) atoms. The van der Waals surface area contributed by atoms with Crippen molar-refractivity contribution in [1.29, 1.82) is 0 Å². The fraction of sp³-hybridized carbons (Fsp3) is 0.273. The average Bonchev–Trinajstić information content (AvgIpc) is 3.42. The van der Waals surface area contributed by atoms with Crippen molar-refractivity contribution in [2.24, 2.45) is 12.2 Å². The number of aryl methyl sites for hydroxylation is 2. The van der Waals surface area contributed by atoms with Crippen LogP contribution in [0.15, 0.2) is 35.5 Å². The van der Waals surface area contributed by atoms with Gasteiger partial charge < -0.3 is 10.2 Å². The van der Waals surface area contributed by atoms with Gasteiger partial charge in [0, 0.05) is 48.1 Å². The van der Waals surface area contributed by atoms with Gasteiger partial charge in [-0.3, -0.25) is 14.9 Å². The minimum Gasteiger partial charge on any atom is -0.323 e. The van der Waals surface area contributed by atoms with Crippen molar-refractivity contribution in [1.82, 2.24) is 29.9 Å². The van der Waals surface area contributed by atoms with Crippen LogP contribution in [0.25, 0.3) is 11.3 Å². The summed E-state index contributed by atoms with van der Waals surface area (Å²) in [4.78, 5) is 11.0. The van der Waals surface area contributed by atoms with Crippen LogP contribution < -0.4 is 15.4 Å². The first-order chi connectivity index (χ1) is 16.3. The van der Waals surface area contributed by atoms with E-state index in [9.17, 15) is 8.78 Å². The normalized spacial score (nSPS) is 13.4. The Balaban J connectivity index is 1.68. The Bertz CT molecular complexity index is 1340. The van der Waals surface area contributed by atoms with Crippen LogP contribution in [0.5, 0.6) is 0 Å². The van der Waals surface area contributed by atoms with Crippen LogP contribution in [0, 0.1) is 18.6 Å². The van der Waals surface area contributed by atoms with Crippen molar-refractivity contribution in [3.8, 4) is 11.3 Å². The van der Waals surface area contributed by atoms with Gasteiger partial charge in [-0.15, -0.1) is 0 Å². The molecule has 176 valence electrons. The molecular formula is C22H23F2N9S. The molecule has 1 aromatic carbocycles. The summed E-state index contributed by atoms with van der Waals surface area (Å²) in [6.45, 7) is 1.90. The van der Waals surface area contributed by atoms with Gasteiger partial charge in [-0.05, 0) is 49.8 Å². The number of hydrogen-bond acceptors (Lipinski definition) is 8. The minimum absolute atomic E-state index is 0.129. The Morgan fingerprint density at radius 1 is 1.21 bits per heavy atom. The number of aromatic amines is 1. The van der Waals surface area contributed by atoms with E-state index in [0.29, 0.717) is 17.3 Å². The number of rotatable bonds is 7. The summed E-state index contributed by atoms with van der Waals surface area (Å²) in [7, 11) is 3.35. The maximum Gasteiger partial charge on any atom is 0.232 e. The summed E-state index contributed by atoms with van der Waals surface area (Å²) in [5.74, 6) is 0.0111. The van der Waals surface area contributed by atoms with Crippen LogP contribution in [0.3, 0.4) is 0 Å². The van der Waals surface area contributed by atoms with Crippen molar-refractivity contribution < 1.29 is 8.78 Å². The highest BCUT2D eigenvalue weighted by Gasteiger charge is 2.33. The number of anilines is 4. The molecule has 0 unspecified atom stereocenters. The SMILES string of the molecule is Cc1cc(Nc2nc(N(C)c3c(F)cc(SN)cc3F)nc(-c3cnn(C)c3)c2C2CC2)n[nH]1. The predicted octanol–water partition coefficient (Wildman–Crippen LogP) is 4.54. The van der Waals surface area contributed by atoms with Gasteiger partial charge in [0.25, 0.3) is 0 Å². The molecule has 4 N–H and O–H groups in total. The van der Waals surface area contributed by atoms with Crippen LogP contribution in [0.1, 0.15) is 30.0 Å². The lowest BCUT2D eigenvalue weighted by Crippen LogP contribution is -2.18. The van der Waals surface area contributed by atoms with Gasteiger partial charge in [0.05, 0.1) is 11.9 Å². The zero-order valence-corrected chi connectivity index (χ0v) is 19.6. The number of nitrogens with one attached hydrogen (secondary N) is 2. The Labute approximate surface area is 198 Å². The highest BCUT2D eigenvalue weighted by Crippen LogP contribution is 2.48. The molecule has 0 bridgehead atoms. The maximum absolute atomic E-state index is 14.9. The molecule has 0 spiro atoms. The lowest BCUT2D eigenvalue weighted by Gasteiger charge is -2.22. The van der Waals surface area contributed by atoms with Crippen molar-refractivity contribution >= 4 is 35.2 Å². The molecule has 3 aromatic heterocycles. The van der Waals surface area contributed by atoms with Crippen LogP contribution in [0.2, 0.25) is 0 Å². The molecule has 0 saturated heterocycles. The number of nitrogens with two attached hydrogens (primary N) is 1. The Kier molecular flexibility index (Phi) is 5.70. The summed E-state index contributed by atoms with van der Waals surface area (Å²) < 4.78 is 31.4. The number of benzene rings is 1. The average molecular weight is 484 g/mol. The molecule has 4 aromatic rings. The number of H-pyrrole nitrogens is 1. The standard InChI is InChI=1S/C22H23F2N9S/c1-11-6-17(31-30-11)27-21-18(12-4-5-12)19(13-9-26-32(2)10-13)28-22(29-21)33(3)20-15(23)7-14(34-25)8-16(20)24/h6-10,12H,4-5,25H2,1-3H3,(H2,27,28,29,30,31). The molecule has 1 saturated carbocycles. The van der Waals surface area contributed by atoms with Gasteiger partial charge >= 0.3 is 0 Å². The number of halogens is 2. The molecule has 3 heterocycles. The molecule has 1 fully saturated rings. The fourth-order valence-electron chi connectivity index (χ4n) is 3.86. The van der Waals surface area contributed by atoms with Gasteiger partial charge in [-0.1, -0.05) is 0 Å². The van der Waals surface area contributed by atoms with Crippen molar-refractivity contribution in [2.75, 3.05) is 17.3 Å². The van der Waals surface area contributed by atoms with Crippen LogP contribution in [0.4, 0.5) is 32.1 Å². The summed E-state index contributed by atoms with van der Waals surface area (Å²) >= 11 is 0.774. The van der Waals surface area contributed by atoms with E-state index in [2.05, 4.69) is 20.6 Å². The molecule has 0 aliphatic heterocycles. The minimum atomic E-state index is -0.759. The molecule has 0 radical (unpaired) electrons. The van der Waals surface area contributed by atoms with E-state index in [1.807, 2.05) is 26.2 Å². The number of nitrogens with zero attached hydrogens (tertiary/aromatic N) is 6. The molecule has 0 amide bonds. The van der Waals surface area contributed by atoms with Crippen LogP contribution in [-0.2, 0) is 7.05 Å². The van der Waals surface area contributed by atoms with Crippen LogP contribution >= 0.6 is 11.9 Å². The zero-order chi connectivity index (χ0) is 24.0. The molecule has 9 nitrogen and oxygen atoms in total. The van der Waals surface area contributed by atoms with Gasteiger partial charge in [0.1, 0.15) is 11.5 Å². The highest BCUT2D eigenvalue weighted by atomic mass is 32.2. The third-order valence-corrected chi connectivity index (χ3v) is 6.12. The lowest BCUT2D eigenvalue weighted by atomic mass is 10.1. The third-order valence-electron chi connectivity index (χ3n) is 5.61. The van der Waals surface area contributed by atoms with E-state index >= 15 is 0 Å². The van der Waals surface area contributed by atoms with E-state index in [1.165, 1.54) is 24.1 Å². The Morgan fingerprint density at radius 3 is 2.50 bits per heavy atom. The summed E-state index contributed by atoms with van der Waals surface area (Å²) in [6, 6.07) is 4.23. The molecule has 1 aliphatic carbocycles. The Hall–Kier alpha value is -3.51. The van der Waals surface area contributed by atoms with Gasteiger partial charge in [-0.2, -0.15) is 15.2 Å². The Morgan fingerprint density at radius 2 is 1.94 bits per heavy atom. The quantitative estimate of drug-likeness (QED) is 0.328. The van der Waals surface area contributed by atoms with E-state index in [-0.39, 0.29) is 22.4 Å². The summed E-state index contributed by atoms with van der Waals surface area (Å²) in [5, 5.41) is 20.2. The summed E-state index contributed by atoms with van der Waals surface area (Å²) in [5.41, 5.74) is 3.00. The van der Waals surface area contributed by atoms with Gasteiger partial charge in [0.15, 0.2) is 17.5 Å². The first-order valence-electron chi connectivity index (χ1n) is 10.6. The van der Waals surface area contributed by atoms with Gasteiger partial charge in [0.2, 0.25) is 5.95 Å². The molecular weight excluding hydrogens is 460 g/mol. The summed E-state index contributed by atoms with van der Waals surface area (Å²) in [6.07, 6.45) is 5.58. The smallest absolute Gasteiger partial charge is 0.232 e. The zero-order valence-electron chi connectivity index (χ0n) is 18.8. The van der Waals surface area contributed by atoms with E-state index in [4.69, 9.17) is 15.1 Å². The second-order valence-corrected chi connectivity index (χ2v) is 8.99. The fourth-order valence-corrected chi connectivity index (χ4v) is 4.20. The van der Waals surface area contributed by atoms with Crippen molar-refractivity contribution in [3.05, 3.63) is 53.5 Å². The van der Waals surface area contributed by atoms with Crippen LogP contribution in [-0.4, -0.2) is 37.0 Å². The highest BCUT2D eigenvalue weighted by molar-refractivity contribution is 7.97. The third kappa shape index (κ3) is 4.21. The van der Waals surface area contributed by atoms with E-state index in [0.717, 1.165) is 41.6 Å². The van der Waals surface area contributed by atoms with E-state index < -0.39 is 11.6 Å². The second kappa shape index (κ2) is 8.69. The van der Waals surface area contributed by atoms with E-state index in [1.54, 1.807) is 10.9 Å². The second-order valence-electron chi connectivity index (χ2n) is 8.29. The van der Waals surface area contributed by atoms with Gasteiger partial charge in [-0.25, -0.2) is 13.8 Å². The molecule has 1 aliphatic rings. The number of aromatic nitrogens is 6. The molecule has 0 atom stereocenters.